The molecule has 1 aliphatic rings. The number of carbonyl (C=O) groups is 1. The highest BCUT2D eigenvalue weighted by Crippen LogP contribution is 2.49. The molecule has 0 atom stereocenters. The number of rotatable bonds is 4. The molecule has 1 aromatic rings. The van der Waals surface area contributed by atoms with Crippen molar-refractivity contribution in [3.63, 3.8) is 0 Å². The van der Waals surface area contributed by atoms with Crippen LogP contribution in [0.4, 0.5) is 0 Å². The summed E-state index contributed by atoms with van der Waals surface area (Å²) in [6.07, 6.45) is -0.0737. The zero-order chi connectivity index (χ0) is 14.9. The summed E-state index contributed by atoms with van der Waals surface area (Å²) in [6, 6.07) is 1.66. The summed E-state index contributed by atoms with van der Waals surface area (Å²) in [6.45, 7) is 4.46. The first-order chi connectivity index (χ1) is 9.36. The molecule has 1 N–H and O–H groups in total. The smallest absolute Gasteiger partial charge is 0.304 e. The lowest BCUT2D eigenvalue weighted by molar-refractivity contribution is -0.138. The fourth-order valence-corrected chi connectivity index (χ4v) is 2.83. The molecule has 0 fully saturated rings. The van der Waals surface area contributed by atoms with Gasteiger partial charge in [-0.3, -0.25) is 4.79 Å². The standard InChI is InChI=1S/C14H17ClO5/c1-14(2,7-10(16)17)11-12(15)8(18-3)6-9-13(11)20-5-4-19-9/h6H,4-5,7H2,1-3H3,(H,16,17). The summed E-state index contributed by atoms with van der Waals surface area (Å²) >= 11 is 6.36. The van der Waals surface area contributed by atoms with Crippen molar-refractivity contribution in [2.75, 3.05) is 20.3 Å². The van der Waals surface area contributed by atoms with Crippen molar-refractivity contribution >= 4 is 17.6 Å². The van der Waals surface area contributed by atoms with Crippen molar-refractivity contribution in [1.82, 2.24) is 0 Å². The van der Waals surface area contributed by atoms with Crippen molar-refractivity contribution in [2.45, 2.75) is 25.7 Å². The topological polar surface area (TPSA) is 65.0 Å². The van der Waals surface area contributed by atoms with Crippen molar-refractivity contribution in [3.05, 3.63) is 16.7 Å². The Bertz CT molecular complexity index is 539. The molecular weight excluding hydrogens is 284 g/mol. The molecule has 20 heavy (non-hydrogen) atoms. The van der Waals surface area contributed by atoms with E-state index in [2.05, 4.69) is 0 Å². The van der Waals surface area contributed by atoms with Crippen LogP contribution in [0.3, 0.4) is 0 Å². The van der Waals surface area contributed by atoms with E-state index in [1.165, 1.54) is 7.11 Å². The fraction of sp³-hybridized carbons (Fsp3) is 0.500. The molecule has 0 unspecified atom stereocenters. The summed E-state index contributed by atoms with van der Waals surface area (Å²) in [5, 5.41) is 9.45. The first-order valence-corrected chi connectivity index (χ1v) is 6.63. The number of benzene rings is 1. The van der Waals surface area contributed by atoms with E-state index in [1.54, 1.807) is 19.9 Å². The van der Waals surface area contributed by atoms with Gasteiger partial charge in [-0.05, 0) is 0 Å². The van der Waals surface area contributed by atoms with Crippen LogP contribution in [-0.4, -0.2) is 31.4 Å². The van der Waals surface area contributed by atoms with Crippen LogP contribution in [0.15, 0.2) is 6.07 Å². The van der Waals surface area contributed by atoms with Gasteiger partial charge in [0, 0.05) is 17.0 Å². The van der Waals surface area contributed by atoms with Gasteiger partial charge in [-0.25, -0.2) is 0 Å². The van der Waals surface area contributed by atoms with Crippen molar-refractivity contribution in [1.29, 1.82) is 0 Å². The third kappa shape index (κ3) is 2.63. The summed E-state index contributed by atoms with van der Waals surface area (Å²) in [5.74, 6) is 0.586. The van der Waals surface area contributed by atoms with E-state index in [1.807, 2.05) is 0 Å². The largest absolute Gasteiger partial charge is 0.495 e. The maximum atomic E-state index is 11.1. The third-order valence-corrected chi connectivity index (χ3v) is 3.60. The molecule has 0 bridgehead atoms. The van der Waals surface area contributed by atoms with E-state index in [0.29, 0.717) is 41.0 Å². The zero-order valence-electron chi connectivity index (χ0n) is 11.7. The van der Waals surface area contributed by atoms with E-state index >= 15 is 0 Å². The highest BCUT2D eigenvalue weighted by atomic mass is 35.5. The molecule has 1 aliphatic heterocycles. The Labute approximate surface area is 122 Å². The van der Waals surface area contributed by atoms with Crippen molar-refractivity contribution in [2.24, 2.45) is 0 Å². The number of fused-ring (bicyclic) bond motifs is 1. The second-order valence-electron chi connectivity index (χ2n) is 5.25. The number of hydrogen-bond donors (Lipinski definition) is 1. The molecule has 0 saturated heterocycles. The molecule has 0 aromatic heterocycles. The van der Waals surface area contributed by atoms with Crippen LogP contribution in [-0.2, 0) is 10.2 Å². The lowest BCUT2D eigenvalue weighted by Crippen LogP contribution is -2.26. The first kappa shape index (κ1) is 14.8. The quantitative estimate of drug-likeness (QED) is 0.926. The van der Waals surface area contributed by atoms with Gasteiger partial charge in [0.15, 0.2) is 11.5 Å². The Morgan fingerprint density at radius 3 is 2.70 bits per heavy atom. The Morgan fingerprint density at radius 1 is 1.45 bits per heavy atom. The minimum Gasteiger partial charge on any atom is -0.495 e. The second-order valence-corrected chi connectivity index (χ2v) is 5.62. The summed E-state index contributed by atoms with van der Waals surface area (Å²) in [4.78, 5) is 11.1. The number of carboxylic acids is 1. The average Bonchev–Trinajstić information content (AvgIpc) is 2.35. The predicted molar refractivity (Wildman–Crippen MR) is 74.3 cm³/mol. The minimum atomic E-state index is -0.903. The molecule has 0 radical (unpaired) electrons. The van der Waals surface area contributed by atoms with Gasteiger partial charge in [-0.2, -0.15) is 0 Å². The van der Waals surface area contributed by atoms with Gasteiger partial charge in [0.25, 0.3) is 0 Å². The van der Waals surface area contributed by atoms with Crippen molar-refractivity contribution < 1.29 is 24.1 Å². The highest BCUT2D eigenvalue weighted by Gasteiger charge is 2.34. The molecule has 2 rings (SSSR count). The number of ether oxygens (including phenoxy) is 3. The van der Waals surface area contributed by atoms with Gasteiger partial charge >= 0.3 is 5.97 Å². The number of methoxy groups -OCH3 is 1. The fourth-order valence-electron chi connectivity index (χ4n) is 2.36. The van der Waals surface area contributed by atoms with Gasteiger partial charge < -0.3 is 19.3 Å². The zero-order valence-corrected chi connectivity index (χ0v) is 12.4. The highest BCUT2D eigenvalue weighted by molar-refractivity contribution is 6.33. The normalized spacial score (nSPS) is 14.0. The molecule has 6 heteroatoms. The maximum Gasteiger partial charge on any atom is 0.304 e. The van der Waals surface area contributed by atoms with Crippen LogP contribution in [0.1, 0.15) is 25.8 Å². The lowest BCUT2D eigenvalue weighted by atomic mass is 9.80. The summed E-state index contributed by atoms with van der Waals surface area (Å²) < 4.78 is 16.4. The number of aliphatic carboxylic acids is 1. The van der Waals surface area contributed by atoms with Crippen LogP contribution in [0.2, 0.25) is 5.02 Å². The van der Waals surface area contributed by atoms with E-state index in [0.717, 1.165) is 0 Å². The number of hydrogen-bond acceptors (Lipinski definition) is 4. The third-order valence-electron chi connectivity index (χ3n) is 3.23. The SMILES string of the molecule is COc1cc2c(c(C(C)(C)CC(=O)O)c1Cl)OCCO2. The molecular formula is C14H17ClO5. The van der Waals surface area contributed by atoms with Crippen molar-refractivity contribution in [3.8, 4) is 17.2 Å². The van der Waals surface area contributed by atoms with Gasteiger partial charge in [0.1, 0.15) is 19.0 Å². The van der Waals surface area contributed by atoms with Gasteiger partial charge in [0.05, 0.1) is 18.6 Å². The molecule has 110 valence electrons. The monoisotopic (exact) mass is 300 g/mol. The molecule has 0 spiro atoms. The van der Waals surface area contributed by atoms with E-state index in [-0.39, 0.29) is 6.42 Å². The van der Waals surface area contributed by atoms with Crippen LogP contribution >= 0.6 is 11.6 Å². The van der Waals surface area contributed by atoms with E-state index in [4.69, 9.17) is 30.9 Å². The summed E-state index contributed by atoms with van der Waals surface area (Å²) in [5.41, 5.74) is -0.0991. The summed E-state index contributed by atoms with van der Waals surface area (Å²) in [7, 11) is 1.51. The van der Waals surface area contributed by atoms with Gasteiger partial charge in [0.2, 0.25) is 0 Å². The first-order valence-electron chi connectivity index (χ1n) is 6.25. The molecule has 0 saturated carbocycles. The van der Waals surface area contributed by atoms with Crippen LogP contribution in [0.25, 0.3) is 0 Å². The maximum absolute atomic E-state index is 11.1. The number of halogens is 1. The van der Waals surface area contributed by atoms with Crippen LogP contribution in [0, 0.1) is 0 Å². The minimum absolute atomic E-state index is 0.0737. The molecule has 1 aromatic carbocycles. The average molecular weight is 301 g/mol. The van der Waals surface area contributed by atoms with Crippen LogP contribution < -0.4 is 14.2 Å². The molecule has 5 nitrogen and oxygen atoms in total. The van der Waals surface area contributed by atoms with E-state index < -0.39 is 11.4 Å². The molecule has 0 amide bonds. The van der Waals surface area contributed by atoms with Gasteiger partial charge in [-0.15, -0.1) is 0 Å². The Kier molecular flexibility index (Phi) is 3.99. The predicted octanol–water partition coefficient (Wildman–Crippen LogP) is 2.87. The van der Waals surface area contributed by atoms with Crippen LogP contribution in [0.5, 0.6) is 17.2 Å². The number of carboxylic acid groups (broad SMARTS) is 1. The molecule has 0 aliphatic carbocycles. The van der Waals surface area contributed by atoms with Gasteiger partial charge in [-0.1, -0.05) is 25.4 Å². The molecule has 1 heterocycles. The Morgan fingerprint density at radius 2 is 2.10 bits per heavy atom. The Balaban J connectivity index is 2.63. The lowest BCUT2D eigenvalue weighted by Gasteiger charge is -2.31. The van der Waals surface area contributed by atoms with E-state index in [9.17, 15) is 4.79 Å². The Hall–Kier alpha value is -1.62. The second kappa shape index (κ2) is 5.40.